The van der Waals surface area contributed by atoms with E-state index in [1.54, 1.807) is 25.8 Å². The summed E-state index contributed by atoms with van der Waals surface area (Å²) in [4.78, 5) is 23.0. The zero-order chi connectivity index (χ0) is 27.0. The van der Waals surface area contributed by atoms with Crippen molar-refractivity contribution in [3.8, 4) is 5.69 Å². The average molecular weight is 538 g/mol. The number of rotatable bonds is 4. The second kappa shape index (κ2) is 10.7. The fraction of sp³-hybridized carbons (Fsp3) is 0.517. The lowest BCUT2D eigenvalue weighted by molar-refractivity contribution is -0.155. The number of carbonyl (C=O) groups excluding carboxylic acids is 1. The Hall–Kier alpha value is -2.97. The molecule has 2 aliphatic rings. The van der Waals surface area contributed by atoms with Gasteiger partial charge in [-0.3, -0.25) is 9.55 Å². The highest BCUT2D eigenvalue weighted by Crippen LogP contribution is 2.41. The first-order valence-electron chi connectivity index (χ1n) is 13.4. The number of halogens is 1. The second-order valence-corrected chi connectivity index (χ2v) is 12.1. The van der Waals surface area contributed by atoms with E-state index in [0.717, 1.165) is 54.3 Å². The first-order chi connectivity index (χ1) is 18.1. The van der Waals surface area contributed by atoms with Crippen LogP contribution in [0, 0.1) is 0 Å². The minimum atomic E-state index is -0.747. The molecule has 3 aromatic rings. The molecule has 0 spiro atoms. The van der Waals surface area contributed by atoms with E-state index in [1.807, 2.05) is 18.2 Å². The Morgan fingerprint density at radius 3 is 2.47 bits per heavy atom. The number of hydrogen-bond donors (Lipinski definition) is 0. The molecular weight excluding hydrogens is 502 g/mol. The average Bonchev–Trinajstić information content (AvgIpc) is 3.19. The van der Waals surface area contributed by atoms with Crippen molar-refractivity contribution >= 4 is 17.8 Å². The summed E-state index contributed by atoms with van der Waals surface area (Å²) in [5.74, 6) is 2.83. The van der Waals surface area contributed by atoms with Gasteiger partial charge in [-0.15, -0.1) is 15.3 Å². The number of aromatic nitrogens is 4. The molecule has 38 heavy (non-hydrogen) atoms. The molecule has 0 amide bonds. The molecule has 1 aromatic carbocycles. The van der Waals surface area contributed by atoms with Crippen LogP contribution in [0.1, 0.15) is 107 Å². The predicted octanol–water partition coefficient (Wildman–Crippen LogP) is 7.06. The second-order valence-electron chi connectivity index (χ2n) is 11.6. The van der Waals surface area contributed by atoms with E-state index in [2.05, 4.69) is 46.8 Å². The highest BCUT2D eigenvalue weighted by molar-refractivity contribution is 6.30. The molecule has 9 heteroatoms. The molecule has 0 bridgehead atoms. The van der Waals surface area contributed by atoms with Gasteiger partial charge in [-0.1, -0.05) is 31.5 Å². The van der Waals surface area contributed by atoms with E-state index in [-0.39, 0.29) is 5.92 Å². The van der Waals surface area contributed by atoms with Crippen molar-refractivity contribution in [3.63, 3.8) is 0 Å². The number of hydrogen-bond acceptors (Lipinski definition) is 7. The van der Waals surface area contributed by atoms with Crippen molar-refractivity contribution < 1.29 is 14.4 Å². The Morgan fingerprint density at radius 2 is 1.76 bits per heavy atom. The molecular formula is C29H36ClN5O3. The highest BCUT2D eigenvalue weighted by Gasteiger charge is 2.33. The van der Waals surface area contributed by atoms with Gasteiger partial charge in [-0.25, -0.2) is 4.79 Å². The summed E-state index contributed by atoms with van der Waals surface area (Å²) in [6.45, 7) is 10.4. The first kappa shape index (κ1) is 26.6. The van der Waals surface area contributed by atoms with Crippen molar-refractivity contribution in [1.29, 1.82) is 0 Å². The van der Waals surface area contributed by atoms with Crippen molar-refractivity contribution in [1.82, 2.24) is 24.8 Å². The molecule has 5 rings (SSSR count). The summed E-state index contributed by atoms with van der Waals surface area (Å²) in [5.41, 5.74) is 3.60. The standard InChI is InChI=1S/C29H36ClN5O3/c1-18(2)23-7-6-8-24(31-23)19-9-11-20(12-10-19)27-33-32-26-17-34(38-28(36)37-29(3,4)5)16-21-15-22(30)13-14-25(21)35(26)27/h6-8,13-15,18-20H,9-12,16-17H2,1-5H3/t19-,20-. The quantitative estimate of drug-likeness (QED) is 0.329. The Bertz CT molecular complexity index is 1310. The lowest BCUT2D eigenvalue weighted by Crippen LogP contribution is -2.31. The van der Waals surface area contributed by atoms with Gasteiger partial charge >= 0.3 is 6.16 Å². The van der Waals surface area contributed by atoms with E-state index in [9.17, 15) is 4.79 Å². The molecule has 2 aromatic heterocycles. The molecule has 0 N–H and O–H groups in total. The third-order valence-electron chi connectivity index (χ3n) is 7.19. The molecule has 0 radical (unpaired) electrons. The minimum absolute atomic E-state index is 0.280. The van der Waals surface area contributed by atoms with Gasteiger partial charge in [0.2, 0.25) is 0 Å². The van der Waals surface area contributed by atoms with Crippen LogP contribution < -0.4 is 0 Å². The van der Waals surface area contributed by atoms with Crippen LogP contribution in [-0.4, -0.2) is 36.6 Å². The van der Waals surface area contributed by atoms with Crippen LogP contribution in [0.3, 0.4) is 0 Å². The smallest absolute Gasteiger partial charge is 0.427 e. The molecule has 0 atom stereocenters. The SMILES string of the molecule is CC(C)c1cccc([C@H]2CC[C@H](c3nnc4n3-c3ccc(Cl)cc3CN(OC(=O)OC(C)(C)C)C4)CC2)n1. The van der Waals surface area contributed by atoms with Gasteiger partial charge in [0.25, 0.3) is 0 Å². The van der Waals surface area contributed by atoms with E-state index in [4.69, 9.17) is 26.2 Å². The number of benzene rings is 1. The van der Waals surface area contributed by atoms with Crippen molar-refractivity contribution in [3.05, 3.63) is 70.0 Å². The van der Waals surface area contributed by atoms with Gasteiger partial charge in [-0.2, -0.15) is 0 Å². The summed E-state index contributed by atoms with van der Waals surface area (Å²) < 4.78 is 7.50. The maximum Gasteiger partial charge on any atom is 0.528 e. The number of carbonyl (C=O) groups is 1. The maximum absolute atomic E-state index is 12.4. The fourth-order valence-electron chi connectivity index (χ4n) is 5.37. The van der Waals surface area contributed by atoms with Gasteiger partial charge in [0.05, 0.1) is 18.8 Å². The summed E-state index contributed by atoms with van der Waals surface area (Å²) in [6, 6.07) is 12.2. The summed E-state index contributed by atoms with van der Waals surface area (Å²) in [7, 11) is 0. The van der Waals surface area contributed by atoms with E-state index in [1.165, 1.54) is 5.69 Å². The molecule has 202 valence electrons. The van der Waals surface area contributed by atoms with Gasteiger partial charge in [0.1, 0.15) is 11.4 Å². The van der Waals surface area contributed by atoms with E-state index < -0.39 is 11.8 Å². The number of nitrogens with zero attached hydrogens (tertiary/aromatic N) is 5. The molecule has 0 saturated heterocycles. The lowest BCUT2D eigenvalue weighted by Gasteiger charge is -2.28. The molecule has 1 saturated carbocycles. The van der Waals surface area contributed by atoms with Crippen molar-refractivity contribution in [2.45, 2.75) is 96.7 Å². The van der Waals surface area contributed by atoms with Crippen LogP contribution in [-0.2, 0) is 22.7 Å². The largest absolute Gasteiger partial charge is 0.528 e. The molecule has 8 nitrogen and oxygen atoms in total. The topological polar surface area (TPSA) is 82.4 Å². The predicted molar refractivity (Wildman–Crippen MR) is 145 cm³/mol. The monoisotopic (exact) mass is 537 g/mol. The zero-order valence-electron chi connectivity index (χ0n) is 22.8. The molecule has 1 aliphatic carbocycles. The van der Waals surface area contributed by atoms with E-state index >= 15 is 0 Å². The third-order valence-corrected chi connectivity index (χ3v) is 7.42. The van der Waals surface area contributed by atoms with Gasteiger partial charge in [-0.05, 0) is 88.3 Å². The first-order valence-corrected chi connectivity index (χ1v) is 13.8. The Labute approximate surface area is 229 Å². The lowest BCUT2D eigenvalue weighted by atomic mass is 9.79. The number of hydroxylamine groups is 2. The number of fused-ring (bicyclic) bond motifs is 3. The van der Waals surface area contributed by atoms with Crippen LogP contribution in [0.25, 0.3) is 5.69 Å². The number of pyridine rings is 1. The summed E-state index contributed by atoms with van der Waals surface area (Å²) in [6.07, 6.45) is 3.39. The molecule has 1 aliphatic heterocycles. The molecule has 3 heterocycles. The van der Waals surface area contributed by atoms with Gasteiger partial charge < -0.3 is 9.57 Å². The zero-order valence-corrected chi connectivity index (χ0v) is 23.5. The summed E-state index contributed by atoms with van der Waals surface area (Å²) in [5, 5.41) is 11.4. The van der Waals surface area contributed by atoms with E-state index in [0.29, 0.717) is 29.9 Å². The van der Waals surface area contributed by atoms with Crippen LogP contribution in [0.2, 0.25) is 5.02 Å². The Balaban J connectivity index is 1.38. The normalized spacial score (nSPS) is 20.0. The van der Waals surface area contributed by atoms with Crippen LogP contribution in [0.15, 0.2) is 36.4 Å². The number of ether oxygens (including phenoxy) is 1. The van der Waals surface area contributed by atoms with Crippen molar-refractivity contribution in [2.24, 2.45) is 0 Å². The molecule has 1 fully saturated rings. The van der Waals surface area contributed by atoms with Crippen LogP contribution in [0.4, 0.5) is 4.79 Å². The fourth-order valence-corrected chi connectivity index (χ4v) is 5.56. The Kier molecular flexibility index (Phi) is 7.47. The van der Waals surface area contributed by atoms with Gasteiger partial charge in [0.15, 0.2) is 5.82 Å². The highest BCUT2D eigenvalue weighted by atomic mass is 35.5. The maximum atomic E-state index is 12.4. The Morgan fingerprint density at radius 1 is 1.03 bits per heavy atom. The third kappa shape index (κ3) is 5.86. The van der Waals surface area contributed by atoms with Gasteiger partial charge in [0, 0.05) is 28.2 Å². The van der Waals surface area contributed by atoms with Crippen molar-refractivity contribution in [2.75, 3.05) is 0 Å². The molecule has 0 unspecified atom stereocenters. The minimum Gasteiger partial charge on any atom is -0.427 e. The van der Waals surface area contributed by atoms with Crippen LogP contribution >= 0.6 is 11.6 Å². The summed E-state index contributed by atoms with van der Waals surface area (Å²) >= 11 is 6.37. The van der Waals surface area contributed by atoms with Crippen LogP contribution in [0.5, 0.6) is 0 Å².